The Morgan fingerprint density at radius 2 is 1.87 bits per heavy atom. The number of benzene rings is 2. The third kappa shape index (κ3) is 2.57. The number of nitrogens with one attached hydrogen (secondary N) is 2. The summed E-state index contributed by atoms with van der Waals surface area (Å²) < 4.78 is 0. The van der Waals surface area contributed by atoms with Crippen LogP contribution in [0.2, 0.25) is 0 Å². The van der Waals surface area contributed by atoms with Crippen molar-refractivity contribution in [2.75, 3.05) is 25.5 Å². The van der Waals surface area contributed by atoms with E-state index >= 15 is 0 Å². The van der Waals surface area contributed by atoms with Crippen LogP contribution in [-0.2, 0) is 4.79 Å². The highest BCUT2D eigenvalue weighted by Gasteiger charge is 2.32. The summed E-state index contributed by atoms with van der Waals surface area (Å²) in [6.07, 6.45) is 0. The van der Waals surface area contributed by atoms with Gasteiger partial charge in [0, 0.05) is 36.7 Å². The first-order chi connectivity index (χ1) is 11.0. The molecule has 0 saturated carbocycles. The van der Waals surface area contributed by atoms with Crippen LogP contribution >= 0.6 is 0 Å². The van der Waals surface area contributed by atoms with Crippen molar-refractivity contribution in [2.45, 2.75) is 6.92 Å². The number of carbonyl (C=O) groups excluding carboxylic acids is 3. The molecule has 118 valence electrons. The monoisotopic (exact) mass is 311 g/mol. The Morgan fingerprint density at radius 1 is 1.13 bits per heavy atom. The second-order valence-corrected chi connectivity index (χ2v) is 5.47. The fraction of sp³-hybridized carbons (Fsp3) is 0.235. The molecule has 0 radical (unpaired) electrons. The second kappa shape index (κ2) is 5.81. The van der Waals surface area contributed by atoms with Crippen LogP contribution in [0.25, 0.3) is 10.8 Å². The van der Waals surface area contributed by atoms with E-state index in [1.165, 1.54) is 11.8 Å². The van der Waals surface area contributed by atoms with Crippen LogP contribution < -0.4 is 10.6 Å². The van der Waals surface area contributed by atoms with Gasteiger partial charge in [-0.15, -0.1) is 0 Å². The van der Waals surface area contributed by atoms with E-state index in [1.54, 1.807) is 31.3 Å². The maximum Gasteiger partial charge on any atom is 0.261 e. The van der Waals surface area contributed by atoms with Crippen molar-refractivity contribution in [1.82, 2.24) is 10.2 Å². The summed E-state index contributed by atoms with van der Waals surface area (Å²) in [7, 11) is 1.77. The highest BCUT2D eigenvalue weighted by molar-refractivity contribution is 6.26. The molecule has 3 amide bonds. The van der Waals surface area contributed by atoms with Crippen molar-refractivity contribution in [3.8, 4) is 0 Å². The van der Waals surface area contributed by atoms with Gasteiger partial charge in [-0.3, -0.25) is 19.3 Å². The molecule has 0 saturated heterocycles. The van der Waals surface area contributed by atoms with Crippen LogP contribution in [0.5, 0.6) is 0 Å². The van der Waals surface area contributed by atoms with Gasteiger partial charge in [-0.2, -0.15) is 0 Å². The zero-order chi connectivity index (χ0) is 16.6. The van der Waals surface area contributed by atoms with Crippen LogP contribution in [0.4, 0.5) is 5.69 Å². The lowest BCUT2D eigenvalue weighted by molar-refractivity contribution is -0.114. The first kappa shape index (κ1) is 15.2. The zero-order valence-corrected chi connectivity index (χ0v) is 13.0. The van der Waals surface area contributed by atoms with Gasteiger partial charge in [0.1, 0.15) is 0 Å². The molecule has 3 rings (SSSR count). The summed E-state index contributed by atoms with van der Waals surface area (Å²) in [5, 5.41) is 7.05. The fourth-order valence-corrected chi connectivity index (χ4v) is 2.86. The van der Waals surface area contributed by atoms with E-state index in [-0.39, 0.29) is 17.7 Å². The molecule has 0 spiro atoms. The predicted molar refractivity (Wildman–Crippen MR) is 87.5 cm³/mol. The van der Waals surface area contributed by atoms with E-state index in [1.807, 2.05) is 6.07 Å². The molecule has 0 aromatic heterocycles. The molecule has 1 heterocycles. The number of carbonyl (C=O) groups is 3. The van der Waals surface area contributed by atoms with Gasteiger partial charge in [0.05, 0.1) is 5.56 Å². The minimum absolute atomic E-state index is 0.209. The Balaban J connectivity index is 2.18. The van der Waals surface area contributed by atoms with E-state index in [0.29, 0.717) is 35.3 Å². The molecule has 0 fully saturated rings. The number of hydrogen-bond acceptors (Lipinski definition) is 4. The smallest absolute Gasteiger partial charge is 0.261 e. The summed E-state index contributed by atoms with van der Waals surface area (Å²) in [6.45, 7) is 2.24. The summed E-state index contributed by atoms with van der Waals surface area (Å²) in [5.41, 5.74) is 1.51. The van der Waals surface area contributed by atoms with E-state index in [2.05, 4.69) is 10.6 Å². The molecule has 1 aliphatic heterocycles. The molecular weight excluding hydrogens is 294 g/mol. The summed E-state index contributed by atoms with van der Waals surface area (Å²) in [4.78, 5) is 37.9. The maximum absolute atomic E-state index is 12.7. The Morgan fingerprint density at radius 3 is 2.57 bits per heavy atom. The van der Waals surface area contributed by atoms with Crippen LogP contribution in [0, 0.1) is 0 Å². The Kier molecular flexibility index (Phi) is 3.83. The Labute approximate surface area is 133 Å². The van der Waals surface area contributed by atoms with Gasteiger partial charge in [0.25, 0.3) is 11.8 Å². The van der Waals surface area contributed by atoms with Gasteiger partial charge in [-0.25, -0.2) is 0 Å². The number of imide groups is 1. The quantitative estimate of drug-likeness (QED) is 0.841. The number of likely N-dealkylation sites (N-methyl/N-ethyl adjacent to an activating group) is 1. The first-order valence-corrected chi connectivity index (χ1v) is 7.38. The number of hydrogen-bond donors (Lipinski definition) is 2. The van der Waals surface area contributed by atoms with Gasteiger partial charge >= 0.3 is 0 Å². The van der Waals surface area contributed by atoms with Gasteiger partial charge in [0.15, 0.2) is 0 Å². The lowest BCUT2D eigenvalue weighted by atomic mass is 9.93. The molecular formula is C17H17N3O3. The van der Waals surface area contributed by atoms with Crippen molar-refractivity contribution < 1.29 is 14.4 Å². The van der Waals surface area contributed by atoms with E-state index < -0.39 is 0 Å². The summed E-state index contributed by atoms with van der Waals surface area (Å²) >= 11 is 0. The molecule has 1 aliphatic rings. The molecule has 2 N–H and O–H groups in total. The molecule has 0 atom stereocenters. The normalized spacial score (nSPS) is 13.6. The number of rotatable bonds is 4. The van der Waals surface area contributed by atoms with Crippen LogP contribution in [0.15, 0.2) is 30.3 Å². The third-order valence-corrected chi connectivity index (χ3v) is 3.83. The van der Waals surface area contributed by atoms with E-state index in [9.17, 15) is 14.4 Å². The number of amides is 3. The Bertz CT molecular complexity index is 829. The standard InChI is InChI=1S/C17H17N3O3/c1-10(21)19-12-8-11-4-3-5-13-15(11)14(9-12)17(23)20(16(13)22)7-6-18-2/h3-5,8-9,18H,6-7H2,1-2H3,(H,19,21). The predicted octanol–water partition coefficient (Wildman–Crippen LogP) is 1.61. The second-order valence-electron chi connectivity index (χ2n) is 5.47. The largest absolute Gasteiger partial charge is 0.326 e. The lowest BCUT2D eigenvalue weighted by Crippen LogP contribution is -2.43. The van der Waals surface area contributed by atoms with Crippen molar-refractivity contribution in [3.63, 3.8) is 0 Å². The molecule has 2 aromatic rings. The lowest BCUT2D eigenvalue weighted by Gasteiger charge is -2.27. The average molecular weight is 311 g/mol. The van der Waals surface area contributed by atoms with Crippen LogP contribution in [-0.4, -0.2) is 42.8 Å². The van der Waals surface area contributed by atoms with Crippen molar-refractivity contribution >= 4 is 34.2 Å². The number of anilines is 1. The van der Waals surface area contributed by atoms with Gasteiger partial charge in [-0.1, -0.05) is 12.1 Å². The zero-order valence-electron chi connectivity index (χ0n) is 13.0. The summed E-state index contributed by atoms with van der Waals surface area (Å²) in [6, 6.07) is 8.74. The van der Waals surface area contributed by atoms with E-state index in [0.717, 1.165) is 5.39 Å². The van der Waals surface area contributed by atoms with Gasteiger partial charge in [-0.05, 0) is 30.6 Å². The highest BCUT2D eigenvalue weighted by atomic mass is 16.2. The molecule has 6 nitrogen and oxygen atoms in total. The maximum atomic E-state index is 12.7. The number of nitrogens with zero attached hydrogens (tertiary/aromatic N) is 1. The Hall–Kier alpha value is -2.73. The topological polar surface area (TPSA) is 78.5 Å². The molecule has 0 aliphatic carbocycles. The summed E-state index contributed by atoms with van der Waals surface area (Å²) in [5.74, 6) is -0.823. The third-order valence-electron chi connectivity index (χ3n) is 3.83. The minimum atomic E-state index is -0.332. The SMILES string of the molecule is CNCCN1C(=O)c2cccc3cc(NC(C)=O)cc(c23)C1=O. The average Bonchev–Trinajstić information content (AvgIpc) is 2.51. The van der Waals surface area contributed by atoms with Crippen molar-refractivity contribution in [3.05, 3.63) is 41.5 Å². The van der Waals surface area contributed by atoms with Crippen molar-refractivity contribution in [2.24, 2.45) is 0 Å². The molecule has 0 bridgehead atoms. The highest BCUT2D eigenvalue weighted by Crippen LogP contribution is 2.32. The van der Waals surface area contributed by atoms with Crippen molar-refractivity contribution in [1.29, 1.82) is 0 Å². The molecule has 2 aromatic carbocycles. The van der Waals surface area contributed by atoms with E-state index in [4.69, 9.17) is 0 Å². The van der Waals surface area contributed by atoms with Gasteiger partial charge < -0.3 is 10.6 Å². The van der Waals surface area contributed by atoms with Crippen LogP contribution in [0.1, 0.15) is 27.6 Å². The van der Waals surface area contributed by atoms with Crippen LogP contribution in [0.3, 0.4) is 0 Å². The minimum Gasteiger partial charge on any atom is -0.326 e. The molecule has 0 unspecified atom stereocenters. The molecule has 6 heteroatoms. The fourth-order valence-electron chi connectivity index (χ4n) is 2.86. The first-order valence-electron chi connectivity index (χ1n) is 7.38. The van der Waals surface area contributed by atoms with Gasteiger partial charge in [0.2, 0.25) is 5.91 Å². The molecule has 23 heavy (non-hydrogen) atoms.